The average Bonchev–Trinajstić information content (AvgIpc) is 2.47. The van der Waals surface area contributed by atoms with Crippen molar-refractivity contribution in [3.63, 3.8) is 0 Å². The molecule has 4 heteroatoms. The number of hydrogen-bond donors (Lipinski definition) is 0. The molecule has 1 heterocycles. The maximum atomic E-state index is 11.2. The van der Waals surface area contributed by atoms with Crippen molar-refractivity contribution in [2.75, 3.05) is 26.7 Å². The van der Waals surface area contributed by atoms with Gasteiger partial charge in [-0.2, -0.15) is 0 Å². The van der Waals surface area contributed by atoms with Crippen LogP contribution in [0.5, 0.6) is 0 Å². The summed E-state index contributed by atoms with van der Waals surface area (Å²) in [6.45, 7) is 3.70. The number of likely N-dealkylation sites (N-methyl/N-ethyl adjacent to an activating group) is 1. The van der Waals surface area contributed by atoms with E-state index in [9.17, 15) is 9.59 Å². The fourth-order valence-electron chi connectivity index (χ4n) is 1.37. The van der Waals surface area contributed by atoms with Crippen molar-refractivity contribution in [2.45, 2.75) is 19.8 Å². The highest BCUT2D eigenvalue weighted by Gasteiger charge is 2.19. The molecule has 0 spiro atoms. The Morgan fingerprint density at radius 1 is 1.62 bits per heavy atom. The molecule has 0 unspecified atom stereocenters. The van der Waals surface area contributed by atoms with Gasteiger partial charge in [0.2, 0.25) is 11.8 Å². The number of carbonyl (C=O) groups is 2. The Balaban J connectivity index is 2.25. The lowest BCUT2D eigenvalue weighted by atomic mass is 10.4. The minimum atomic E-state index is 0.0478. The van der Waals surface area contributed by atoms with Crippen LogP contribution in [0.25, 0.3) is 0 Å². The van der Waals surface area contributed by atoms with Gasteiger partial charge >= 0.3 is 0 Å². The second-order valence-electron chi connectivity index (χ2n) is 3.42. The normalized spacial score (nSPS) is 16.5. The summed E-state index contributed by atoms with van der Waals surface area (Å²) in [5.74, 6) is 0.267. The van der Waals surface area contributed by atoms with E-state index in [2.05, 4.69) is 0 Å². The van der Waals surface area contributed by atoms with E-state index < -0.39 is 0 Å². The van der Waals surface area contributed by atoms with E-state index in [1.54, 1.807) is 11.9 Å². The number of rotatable bonds is 3. The first-order valence-electron chi connectivity index (χ1n) is 4.60. The molecule has 0 aromatic heterocycles. The molecule has 0 aliphatic carbocycles. The standard InChI is InChI=1S/C9H16N2O2/c1-8(12)10(2)6-7-11-5-3-4-9(11)13/h3-7H2,1-2H3. The summed E-state index contributed by atoms with van der Waals surface area (Å²) in [6.07, 6.45) is 1.63. The van der Waals surface area contributed by atoms with Crippen LogP contribution in [-0.4, -0.2) is 48.3 Å². The van der Waals surface area contributed by atoms with Crippen molar-refractivity contribution >= 4 is 11.8 Å². The highest BCUT2D eigenvalue weighted by atomic mass is 16.2. The van der Waals surface area contributed by atoms with Crippen LogP contribution in [0.3, 0.4) is 0 Å². The van der Waals surface area contributed by atoms with Crippen LogP contribution in [0.2, 0.25) is 0 Å². The molecular weight excluding hydrogens is 168 g/mol. The van der Waals surface area contributed by atoms with Crippen LogP contribution in [0.4, 0.5) is 0 Å². The fourth-order valence-corrected chi connectivity index (χ4v) is 1.37. The van der Waals surface area contributed by atoms with Gasteiger partial charge in [0.05, 0.1) is 0 Å². The zero-order valence-corrected chi connectivity index (χ0v) is 8.25. The predicted octanol–water partition coefficient (Wildman–Crippen LogP) is 0.0871. The number of carbonyl (C=O) groups excluding carboxylic acids is 2. The Morgan fingerprint density at radius 2 is 2.31 bits per heavy atom. The monoisotopic (exact) mass is 184 g/mol. The van der Waals surface area contributed by atoms with E-state index in [0.717, 1.165) is 13.0 Å². The van der Waals surface area contributed by atoms with E-state index in [4.69, 9.17) is 0 Å². The largest absolute Gasteiger partial charge is 0.344 e. The predicted molar refractivity (Wildman–Crippen MR) is 49.1 cm³/mol. The van der Waals surface area contributed by atoms with Crippen LogP contribution in [0, 0.1) is 0 Å². The first-order valence-corrected chi connectivity index (χ1v) is 4.60. The Bertz CT molecular complexity index is 216. The molecule has 0 bridgehead atoms. The minimum absolute atomic E-state index is 0.0478. The van der Waals surface area contributed by atoms with Crippen LogP contribution >= 0.6 is 0 Å². The van der Waals surface area contributed by atoms with Crippen LogP contribution in [0.1, 0.15) is 19.8 Å². The van der Waals surface area contributed by atoms with Crippen molar-refractivity contribution in [2.24, 2.45) is 0 Å². The molecule has 1 rings (SSSR count). The summed E-state index contributed by atoms with van der Waals surface area (Å²) in [5, 5.41) is 0. The van der Waals surface area contributed by atoms with Gasteiger partial charge in [-0.3, -0.25) is 9.59 Å². The summed E-state index contributed by atoms with van der Waals surface area (Å²) in [5.41, 5.74) is 0. The van der Waals surface area contributed by atoms with Gasteiger partial charge in [-0.05, 0) is 6.42 Å². The third-order valence-corrected chi connectivity index (χ3v) is 2.41. The van der Waals surface area contributed by atoms with Gasteiger partial charge in [0.15, 0.2) is 0 Å². The van der Waals surface area contributed by atoms with E-state index in [-0.39, 0.29) is 11.8 Å². The molecule has 0 radical (unpaired) electrons. The van der Waals surface area contributed by atoms with Gasteiger partial charge in [-0.25, -0.2) is 0 Å². The Morgan fingerprint density at radius 3 is 2.77 bits per heavy atom. The zero-order chi connectivity index (χ0) is 9.84. The molecule has 0 aromatic carbocycles. The lowest BCUT2D eigenvalue weighted by molar-refractivity contribution is -0.131. The van der Waals surface area contributed by atoms with Gasteiger partial charge in [0.1, 0.15) is 0 Å². The lowest BCUT2D eigenvalue weighted by Crippen LogP contribution is -2.35. The van der Waals surface area contributed by atoms with Gasteiger partial charge < -0.3 is 9.80 Å². The van der Waals surface area contributed by atoms with E-state index >= 15 is 0 Å². The van der Waals surface area contributed by atoms with Crippen molar-refractivity contribution < 1.29 is 9.59 Å². The van der Waals surface area contributed by atoms with E-state index in [1.165, 1.54) is 6.92 Å². The third kappa shape index (κ3) is 2.72. The minimum Gasteiger partial charge on any atom is -0.344 e. The van der Waals surface area contributed by atoms with Crippen LogP contribution in [-0.2, 0) is 9.59 Å². The number of amides is 2. The van der Waals surface area contributed by atoms with E-state index in [0.29, 0.717) is 19.5 Å². The van der Waals surface area contributed by atoms with Crippen LogP contribution < -0.4 is 0 Å². The highest BCUT2D eigenvalue weighted by molar-refractivity contribution is 5.78. The average molecular weight is 184 g/mol. The molecule has 0 saturated carbocycles. The number of hydrogen-bond acceptors (Lipinski definition) is 2. The fraction of sp³-hybridized carbons (Fsp3) is 0.778. The Hall–Kier alpha value is -1.06. The first-order chi connectivity index (χ1) is 6.11. The summed E-state index contributed by atoms with van der Waals surface area (Å²) in [6, 6.07) is 0. The molecule has 0 N–H and O–H groups in total. The molecule has 13 heavy (non-hydrogen) atoms. The summed E-state index contributed by atoms with van der Waals surface area (Å²) in [7, 11) is 1.75. The maximum absolute atomic E-state index is 11.2. The topological polar surface area (TPSA) is 40.6 Å². The molecule has 0 aromatic rings. The Kier molecular flexibility index (Phi) is 3.28. The summed E-state index contributed by atoms with van der Waals surface area (Å²) < 4.78 is 0. The molecule has 1 aliphatic heterocycles. The molecule has 1 saturated heterocycles. The SMILES string of the molecule is CC(=O)N(C)CCN1CCCC1=O. The van der Waals surface area contributed by atoms with Crippen molar-refractivity contribution in [1.82, 2.24) is 9.80 Å². The second kappa shape index (κ2) is 4.25. The van der Waals surface area contributed by atoms with Gasteiger partial charge in [-0.1, -0.05) is 0 Å². The summed E-state index contributed by atoms with van der Waals surface area (Å²) in [4.78, 5) is 25.5. The maximum Gasteiger partial charge on any atom is 0.222 e. The van der Waals surface area contributed by atoms with Gasteiger partial charge in [0, 0.05) is 40.0 Å². The van der Waals surface area contributed by atoms with Crippen LogP contribution in [0.15, 0.2) is 0 Å². The molecule has 0 atom stereocenters. The van der Waals surface area contributed by atoms with Gasteiger partial charge in [-0.15, -0.1) is 0 Å². The first kappa shape index (κ1) is 10.0. The molecule has 2 amide bonds. The molecule has 74 valence electrons. The van der Waals surface area contributed by atoms with E-state index in [1.807, 2.05) is 4.90 Å². The zero-order valence-electron chi connectivity index (χ0n) is 8.25. The highest BCUT2D eigenvalue weighted by Crippen LogP contribution is 2.08. The number of likely N-dealkylation sites (tertiary alicyclic amines) is 1. The van der Waals surface area contributed by atoms with Crippen molar-refractivity contribution in [1.29, 1.82) is 0 Å². The Labute approximate surface area is 78.5 Å². The molecular formula is C9H16N2O2. The summed E-state index contributed by atoms with van der Waals surface area (Å²) >= 11 is 0. The molecule has 1 fully saturated rings. The quantitative estimate of drug-likeness (QED) is 0.623. The lowest BCUT2D eigenvalue weighted by Gasteiger charge is -2.20. The van der Waals surface area contributed by atoms with Crippen molar-refractivity contribution in [3.8, 4) is 0 Å². The van der Waals surface area contributed by atoms with Gasteiger partial charge in [0.25, 0.3) is 0 Å². The smallest absolute Gasteiger partial charge is 0.222 e. The second-order valence-corrected chi connectivity index (χ2v) is 3.42. The number of nitrogens with zero attached hydrogens (tertiary/aromatic N) is 2. The molecule has 1 aliphatic rings. The molecule has 4 nitrogen and oxygen atoms in total. The third-order valence-electron chi connectivity index (χ3n) is 2.41. The van der Waals surface area contributed by atoms with Crippen molar-refractivity contribution in [3.05, 3.63) is 0 Å².